The van der Waals surface area contributed by atoms with E-state index in [0.717, 1.165) is 12.1 Å². The zero-order valence-electron chi connectivity index (χ0n) is 12.4. The molecule has 1 saturated heterocycles. The minimum Gasteiger partial charge on any atom is -0.467 e. The van der Waals surface area contributed by atoms with Crippen molar-refractivity contribution in [1.82, 2.24) is 5.32 Å². The van der Waals surface area contributed by atoms with Gasteiger partial charge in [-0.15, -0.1) is 0 Å². The molecule has 1 fully saturated rings. The van der Waals surface area contributed by atoms with E-state index in [1.54, 1.807) is 35.4 Å². The van der Waals surface area contributed by atoms with Crippen LogP contribution in [0.4, 0.5) is 5.69 Å². The quantitative estimate of drug-likeness (QED) is 0.944. The van der Waals surface area contributed by atoms with Crippen molar-refractivity contribution >= 4 is 17.5 Å². The molecule has 1 aliphatic rings. The standard InChI is InChI=1S/C17H18N2O3/c1-12(15-7-4-10-22-15)18-17(21)13-5-2-6-14(11-13)19-9-3-8-16(19)20/h2,4-7,10-12H,3,8-9H2,1H3,(H,18,21)/t12-/m0/s1. The summed E-state index contributed by atoms with van der Waals surface area (Å²) in [6.07, 6.45) is 3.02. The van der Waals surface area contributed by atoms with Crippen LogP contribution in [0.5, 0.6) is 0 Å². The first kappa shape index (κ1) is 14.4. The number of furan rings is 1. The maximum atomic E-state index is 12.3. The molecule has 0 aliphatic carbocycles. The lowest BCUT2D eigenvalue weighted by Crippen LogP contribution is -2.27. The van der Waals surface area contributed by atoms with Crippen LogP contribution in [0.1, 0.15) is 41.9 Å². The predicted molar refractivity (Wildman–Crippen MR) is 82.6 cm³/mol. The number of nitrogens with one attached hydrogen (secondary N) is 1. The van der Waals surface area contributed by atoms with Crippen molar-refractivity contribution in [2.24, 2.45) is 0 Å². The summed E-state index contributed by atoms with van der Waals surface area (Å²) in [6.45, 7) is 2.58. The van der Waals surface area contributed by atoms with Crippen LogP contribution in [-0.2, 0) is 4.79 Å². The molecule has 0 radical (unpaired) electrons. The summed E-state index contributed by atoms with van der Waals surface area (Å²) in [5.74, 6) is 0.637. The van der Waals surface area contributed by atoms with Gasteiger partial charge >= 0.3 is 0 Å². The summed E-state index contributed by atoms with van der Waals surface area (Å²) < 4.78 is 5.28. The molecule has 114 valence electrons. The Kier molecular flexibility index (Phi) is 3.96. The monoisotopic (exact) mass is 298 g/mol. The lowest BCUT2D eigenvalue weighted by molar-refractivity contribution is -0.117. The number of hydrogen-bond donors (Lipinski definition) is 1. The molecule has 0 saturated carbocycles. The first-order valence-electron chi connectivity index (χ1n) is 7.40. The van der Waals surface area contributed by atoms with Gasteiger partial charge in [-0.1, -0.05) is 6.07 Å². The Bertz CT molecular complexity index is 679. The largest absolute Gasteiger partial charge is 0.467 e. The Morgan fingerprint density at radius 2 is 2.18 bits per heavy atom. The summed E-state index contributed by atoms with van der Waals surface area (Å²) in [6, 6.07) is 10.6. The van der Waals surface area contributed by atoms with Gasteiger partial charge < -0.3 is 14.6 Å². The van der Waals surface area contributed by atoms with Crippen LogP contribution in [0.3, 0.4) is 0 Å². The first-order valence-corrected chi connectivity index (χ1v) is 7.40. The maximum absolute atomic E-state index is 12.3. The molecule has 1 aromatic heterocycles. The van der Waals surface area contributed by atoms with Gasteiger partial charge in [0, 0.05) is 24.2 Å². The summed E-state index contributed by atoms with van der Waals surface area (Å²) >= 11 is 0. The van der Waals surface area contributed by atoms with Crippen molar-refractivity contribution < 1.29 is 14.0 Å². The molecule has 1 atom stereocenters. The van der Waals surface area contributed by atoms with Gasteiger partial charge in [0.15, 0.2) is 0 Å². The third-order valence-electron chi connectivity index (χ3n) is 3.81. The molecule has 2 heterocycles. The molecule has 0 spiro atoms. The van der Waals surface area contributed by atoms with E-state index in [4.69, 9.17) is 4.42 Å². The third kappa shape index (κ3) is 2.88. The molecular weight excluding hydrogens is 280 g/mol. The van der Waals surface area contributed by atoms with Gasteiger partial charge in [0.1, 0.15) is 5.76 Å². The van der Waals surface area contributed by atoms with E-state index >= 15 is 0 Å². The molecule has 1 N–H and O–H groups in total. The summed E-state index contributed by atoms with van der Waals surface area (Å²) in [5.41, 5.74) is 1.32. The smallest absolute Gasteiger partial charge is 0.251 e. The van der Waals surface area contributed by atoms with Crippen molar-refractivity contribution in [2.75, 3.05) is 11.4 Å². The Morgan fingerprint density at radius 3 is 2.86 bits per heavy atom. The fourth-order valence-electron chi connectivity index (χ4n) is 2.62. The maximum Gasteiger partial charge on any atom is 0.251 e. The molecule has 0 unspecified atom stereocenters. The Morgan fingerprint density at radius 1 is 1.32 bits per heavy atom. The highest BCUT2D eigenvalue weighted by Crippen LogP contribution is 2.22. The highest BCUT2D eigenvalue weighted by Gasteiger charge is 2.22. The topological polar surface area (TPSA) is 62.6 Å². The van der Waals surface area contributed by atoms with Crippen LogP contribution in [0.2, 0.25) is 0 Å². The van der Waals surface area contributed by atoms with E-state index in [1.165, 1.54) is 0 Å². The fourth-order valence-corrected chi connectivity index (χ4v) is 2.62. The molecule has 5 heteroatoms. The second-order valence-electron chi connectivity index (χ2n) is 5.41. The SMILES string of the molecule is C[C@H](NC(=O)c1cccc(N2CCCC2=O)c1)c1ccco1. The lowest BCUT2D eigenvalue weighted by Gasteiger charge is -2.17. The Balaban J connectivity index is 1.74. The number of carbonyl (C=O) groups excluding carboxylic acids is 2. The van der Waals surface area contributed by atoms with Crippen LogP contribution in [0, 0.1) is 0 Å². The van der Waals surface area contributed by atoms with Crippen molar-refractivity contribution in [1.29, 1.82) is 0 Å². The zero-order valence-corrected chi connectivity index (χ0v) is 12.4. The zero-order chi connectivity index (χ0) is 15.5. The van der Waals surface area contributed by atoms with Crippen LogP contribution in [0.25, 0.3) is 0 Å². The van der Waals surface area contributed by atoms with Gasteiger partial charge in [-0.05, 0) is 43.7 Å². The van der Waals surface area contributed by atoms with Crippen molar-refractivity contribution in [3.63, 3.8) is 0 Å². The van der Waals surface area contributed by atoms with Gasteiger partial charge in [-0.25, -0.2) is 0 Å². The Labute approximate surface area is 128 Å². The molecule has 0 bridgehead atoms. The normalized spacial score (nSPS) is 15.9. The van der Waals surface area contributed by atoms with Crippen LogP contribution >= 0.6 is 0 Å². The van der Waals surface area contributed by atoms with Gasteiger partial charge in [-0.2, -0.15) is 0 Å². The molecular formula is C17H18N2O3. The van der Waals surface area contributed by atoms with Gasteiger partial charge in [0.05, 0.1) is 12.3 Å². The summed E-state index contributed by atoms with van der Waals surface area (Å²) in [4.78, 5) is 25.9. The summed E-state index contributed by atoms with van der Waals surface area (Å²) in [5, 5.41) is 2.89. The number of amides is 2. The number of carbonyl (C=O) groups is 2. The van der Waals surface area contributed by atoms with Crippen molar-refractivity contribution in [3.8, 4) is 0 Å². The van der Waals surface area contributed by atoms with E-state index in [9.17, 15) is 9.59 Å². The predicted octanol–water partition coefficient (Wildman–Crippen LogP) is 2.90. The van der Waals surface area contributed by atoms with Crippen LogP contribution in [0.15, 0.2) is 47.1 Å². The molecule has 2 aromatic rings. The van der Waals surface area contributed by atoms with Crippen molar-refractivity contribution in [3.05, 3.63) is 54.0 Å². The average Bonchev–Trinajstić information content (AvgIpc) is 3.18. The molecule has 1 aliphatic heterocycles. The molecule has 1 aromatic carbocycles. The molecule has 5 nitrogen and oxygen atoms in total. The fraction of sp³-hybridized carbons (Fsp3) is 0.294. The highest BCUT2D eigenvalue weighted by atomic mass is 16.3. The van der Waals surface area contributed by atoms with Crippen LogP contribution < -0.4 is 10.2 Å². The number of anilines is 1. The molecule has 2 amide bonds. The Hall–Kier alpha value is -2.56. The van der Waals surface area contributed by atoms with E-state index in [0.29, 0.717) is 24.3 Å². The first-order chi connectivity index (χ1) is 10.6. The number of benzene rings is 1. The van der Waals surface area contributed by atoms with Crippen molar-refractivity contribution in [2.45, 2.75) is 25.8 Å². The molecule has 22 heavy (non-hydrogen) atoms. The van der Waals surface area contributed by atoms with Gasteiger partial charge in [-0.3, -0.25) is 9.59 Å². The number of rotatable bonds is 4. The van der Waals surface area contributed by atoms with E-state index in [2.05, 4.69) is 5.32 Å². The van der Waals surface area contributed by atoms with Gasteiger partial charge in [0.25, 0.3) is 5.91 Å². The minimum atomic E-state index is -0.209. The van der Waals surface area contributed by atoms with E-state index < -0.39 is 0 Å². The average molecular weight is 298 g/mol. The minimum absolute atomic E-state index is 0.113. The van der Waals surface area contributed by atoms with Gasteiger partial charge in [0.2, 0.25) is 5.91 Å². The summed E-state index contributed by atoms with van der Waals surface area (Å²) in [7, 11) is 0. The van der Waals surface area contributed by atoms with E-state index in [1.807, 2.05) is 19.1 Å². The number of hydrogen-bond acceptors (Lipinski definition) is 3. The lowest BCUT2D eigenvalue weighted by atomic mass is 10.1. The van der Waals surface area contributed by atoms with E-state index in [-0.39, 0.29) is 17.9 Å². The second kappa shape index (κ2) is 6.05. The highest BCUT2D eigenvalue weighted by molar-refractivity contribution is 5.99. The number of nitrogens with zero attached hydrogens (tertiary/aromatic N) is 1. The second-order valence-corrected chi connectivity index (χ2v) is 5.41. The van der Waals surface area contributed by atoms with Crippen LogP contribution in [-0.4, -0.2) is 18.4 Å². The molecule has 3 rings (SSSR count). The third-order valence-corrected chi connectivity index (χ3v) is 3.81.